The second-order valence-electron chi connectivity index (χ2n) is 7.11. The number of H-pyrrole nitrogens is 1. The monoisotopic (exact) mass is 427 g/mol. The average Bonchev–Trinajstić information content (AvgIpc) is 3.19. The summed E-state index contributed by atoms with van der Waals surface area (Å²) < 4.78 is 51.9. The van der Waals surface area contributed by atoms with E-state index < -0.39 is 23.5 Å². The lowest BCUT2D eigenvalue weighted by atomic mass is 10.0. The van der Waals surface area contributed by atoms with Crippen molar-refractivity contribution in [3.8, 4) is 11.1 Å². The highest BCUT2D eigenvalue weighted by atomic mass is 19.4. The number of pyridine rings is 1. The molecular formula is C23H17F4N3O. The van der Waals surface area contributed by atoms with E-state index in [1.165, 1.54) is 0 Å². The summed E-state index contributed by atoms with van der Waals surface area (Å²) in [6.45, 7) is 0. The summed E-state index contributed by atoms with van der Waals surface area (Å²) in [5, 5.41) is 3.32. The summed E-state index contributed by atoms with van der Waals surface area (Å²) in [5.41, 5.74) is 2.17. The van der Waals surface area contributed by atoms with E-state index in [-0.39, 0.29) is 12.1 Å². The Labute approximate surface area is 174 Å². The van der Waals surface area contributed by atoms with Crippen LogP contribution in [0.5, 0.6) is 0 Å². The van der Waals surface area contributed by atoms with Gasteiger partial charge in [-0.25, -0.2) is 9.37 Å². The molecule has 0 unspecified atom stereocenters. The number of aromatic amines is 1. The van der Waals surface area contributed by atoms with Crippen LogP contribution in [-0.2, 0) is 17.4 Å². The van der Waals surface area contributed by atoms with Crippen molar-refractivity contribution in [1.29, 1.82) is 0 Å². The van der Waals surface area contributed by atoms with E-state index in [1.807, 2.05) is 42.6 Å². The molecule has 4 aromatic rings. The molecular weight excluding hydrogens is 410 g/mol. The number of nitrogens with one attached hydrogen (secondary N) is 2. The van der Waals surface area contributed by atoms with E-state index in [0.717, 1.165) is 33.8 Å². The topological polar surface area (TPSA) is 57.8 Å². The number of carbonyl (C=O) groups is 1. The summed E-state index contributed by atoms with van der Waals surface area (Å²) in [7, 11) is 0. The first-order chi connectivity index (χ1) is 14.8. The van der Waals surface area contributed by atoms with Gasteiger partial charge in [0, 0.05) is 35.5 Å². The second-order valence-corrected chi connectivity index (χ2v) is 7.11. The molecule has 0 aliphatic rings. The van der Waals surface area contributed by atoms with Crippen LogP contribution in [0.15, 0.2) is 67.0 Å². The van der Waals surface area contributed by atoms with E-state index in [0.29, 0.717) is 18.6 Å². The molecule has 31 heavy (non-hydrogen) atoms. The molecule has 0 spiro atoms. The van der Waals surface area contributed by atoms with Gasteiger partial charge in [0.25, 0.3) is 0 Å². The van der Waals surface area contributed by atoms with Gasteiger partial charge in [0.05, 0.1) is 5.56 Å². The third-order valence-electron chi connectivity index (χ3n) is 4.81. The molecule has 0 bridgehead atoms. The minimum absolute atomic E-state index is 0.0381. The number of aryl methyl sites for hydroxylation is 1. The van der Waals surface area contributed by atoms with Gasteiger partial charge in [-0.15, -0.1) is 0 Å². The van der Waals surface area contributed by atoms with E-state index in [1.54, 1.807) is 6.20 Å². The fraction of sp³-hybridized carbons (Fsp3) is 0.130. The quantitative estimate of drug-likeness (QED) is 0.386. The zero-order chi connectivity index (χ0) is 22.0. The molecule has 0 atom stereocenters. The van der Waals surface area contributed by atoms with E-state index in [2.05, 4.69) is 15.3 Å². The molecule has 0 saturated heterocycles. The Morgan fingerprint density at radius 2 is 1.87 bits per heavy atom. The smallest absolute Gasteiger partial charge is 0.346 e. The number of hydrogen-bond donors (Lipinski definition) is 2. The summed E-state index contributed by atoms with van der Waals surface area (Å²) in [5.74, 6) is -1.56. The van der Waals surface area contributed by atoms with Gasteiger partial charge in [-0.3, -0.25) is 4.79 Å². The molecule has 4 nitrogen and oxygen atoms in total. The Hall–Kier alpha value is -3.68. The molecule has 2 aromatic carbocycles. The van der Waals surface area contributed by atoms with Crippen molar-refractivity contribution in [2.24, 2.45) is 0 Å². The zero-order valence-corrected chi connectivity index (χ0v) is 16.1. The highest BCUT2D eigenvalue weighted by Gasteiger charge is 2.31. The van der Waals surface area contributed by atoms with Crippen LogP contribution in [0.1, 0.15) is 17.5 Å². The SMILES string of the molecule is O=C(CCc1cccc(-c2cnc3[nH]ccc3c2)c1)Nc1cc(F)cc(C(F)(F)F)c1. The van der Waals surface area contributed by atoms with Crippen LogP contribution in [0.3, 0.4) is 0 Å². The van der Waals surface area contributed by atoms with Crippen molar-refractivity contribution in [3.05, 3.63) is 83.9 Å². The third-order valence-corrected chi connectivity index (χ3v) is 4.81. The van der Waals surface area contributed by atoms with Gasteiger partial charge >= 0.3 is 6.18 Å². The minimum atomic E-state index is -4.69. The fourth-order valence-corrected chi connectivity index (χ4v) is 3.31. The summed E-state index contributed by atoms with van der Waals surface area (Å²) >= 11 is 0. The first kappa shape index (κ1) is 20.6. The van der Waals surface area contributed by atoms with Crippen molar-refractivity contribution >= 4 is 22.6 Å². The maximum Gasteiger partial charge on any atom is 0.416 e. The molecule has 8 heteroatoms. The summed E-state index contributed by atoms with van der Waals surface area (Å²) in [6.07, 6.45) is -0.711. The molecule has 0 aliphatic carbocycles. The molecule has 2 heterocycles. The number of halogens is 4. The standard InChI is InChI=1S/C23H17F4N3O/c24-19-10-18(23(25,26)27)11-20(12-19)30-21(31)5-4-14-2-1-3-15(8-14)17-9-16-6-7-28-22(16)29-13-17/h1-3,6-13H,4-5H2,(H,28,29)(H,30,31). The van der Waals surface area contributed by atoms with Gasteiger partial charge in [-0.2, -0.15) is 13.2 Å². The number of alkyl halides is 3. The molecule has 2 N–H and O–H groups in total. The Kier molecular flexibility index (Phi) is 5.46. The van der Waals surface area contributed by atoms with Crippen molar-refractivity contribution < 1.29 is 22.4 Å². The van der Waals surface area contributed by atoms with Crippen LogP contribution in [-0.4, -0.2) is 15.9 Å². The highest BCUT2D eigenvalue weighted by molar-refractivity contribution is 5.91. The predicted molar refractivity (Wildman–Crippen MR) is 110 cm³/mol. The van der Waals surface area contributed by atoms with Gasteiger partial charge in [0.15, 0.2) is 0 Å². The van der Waals surface area contributed by atoms with Crippen molar-refractivity contribution in [3.63, 3.8) is 0 Å². The van der Waals surface area contributed by atoms with Crippen LogP contribution in [0.2, 0.25) is 0 Å². The molecule has 2 aromatic heterocycles. The lowest BCUT2D eigenvalue weighted by molar-refractivity contribution is -0.137. The van der Waals surface area contributed by atoms with Crippen molar-refractivity contribution in [2.75, 3.05) is 5.32 Å². The van der Waals surface area contributed by atoms with Crippen molar-refractivity contribution in [1.82, 2.24) is 9.97 Å². The third kappa shape index (κ3) is 4.91. The lowest BCUT2D eigenvalue weighted by Crippen LogP contribution is -2.14. The van der Waals surface area contributed by atoms with Crippen LogP contribution in [0.25, 0.3) is 22.2 Å². The Balaban J connectivity index is 1.43. The molecule has 4 rings (SSSR count). The maximum absolute atomic E-state index is 13.5. The number of benzene rings is 2. The number of aromatic nitrogens is 2. The molecule has 1 amide bonds. The average molecular weight is 427 g/mol. The second kappa shape index (κ2) is 8.22. The van der Waals surface area contributed by atoms with Gasteiger partial charge in [-0.1, -0.05) is 24.3 Å². The zero-order valence-electron chi connectivity index (χ0n) is 16.1. The molecule has 0 fully saturated rings. The summed E-state index contributed by atoms with van der Waals surface area (Å²) in [6, 6.07) is 13.5. The first-order valence-electron chi connectivity index (χ1n) is 9.48. The minimum Gasteiger partial charge on any atom is -0.346 e. The van der Waals surface area contributed by atoms with Gasteiger partial charge in [0.2, 0.25) is 5.91 Å². The number of anilines is 1. The molecule has 158 valence electrons. The van der Waals surface area contributed by atoms with Gasteiger partial charge in [0.1, 0.15) is 11.5 Å². The predicted octanol–water partition coefficient (Wildman–Crippen LogP) is 5.96. The van der Waals surface area contributed by atoms with Crippen LogP contribution < -0.4 is 5.32 Å². The number of fused-ring (bicyclic) bond motifs is 1. The van der Waals surface area contributed by atoms with Crippen LogP contribution in [0, 0.1) is 5.82 Å². The number of carbonyl (C=O) groups excluding carboxylic acids is 1. The molecule has 0 saturated carbocycles. The normalized spacial score (nSPS) is 11.6. The Morgan fingerprint density at radius 1 is 1.03 bits per heavy atom. The number of hydrogen-bond acceptors (Lipinski definition) is 2. The molecule has 0 aliphatic heterocycles. The largest absolute Gasteiger partial charge is 0.416 e. The number of nitrogens with zero attached hydrogens (tertiary/aromatic N) is 1. The van der Waals surface area contributed by atoms with Gasteiger partial charge < -0.3 is 10.3 Å². The number of amides is 1. The Morgan fingerprint density at radius 3 is 2.68 bits per heavy atom. The van der Waals surface area contributed by atoms with Gasteiger partial charge in [-0.05, 0) is 47.9 Å². The number of rotatable bonds is 5. The first-order valence-corrected chi connectivity index (χ1v) is 9.48. The van der Waals surface area contributed by atoms with Crippen LogP contribution >= 0.6 is 0 Å². The maximum atomic E-state index is 13.5. The Bertz CT molecular complexity index is 1250. The van der Waals surface area contributed by atoms with E-state index in [4.69, 9.17) is 0 Å². The highest BCUT2D eigenvalue weighted by Crippen LogP contribution is 2.31. The van der Waals surface area contributed by atoms with Crippen molar-refractivity contribution in [2.45, 2.75) is 19.0 Å². The van der Waals surface area contributed by atoms with Crippen LogP contribution in [0.4, 0.5) is 23.2 Å². The van der Waals surface area contributed by atoms with E-state index in [9.17, 15) is 22.4 Å². The fourth-order valence-electron chi connectivity index (χ4n) is 3.31. The molecule has 0 radical (unpaired) electrons. The van der Waals surface area contributed by atoms with E-state index >= 15 is 0 Å². The summed E-state index contributed by atoms with van der Waals surface area (Å²) in [4.78, 5) is 19.6. The lowest BCUT2D eigenvalue weighted by Gasteiger charge is -2.11.